The monoisotopic (exact) mass is 599 g/mol. The second-order valence-electron chi connectivity index (χ2n) is 17.6. The van der Waals surface area contributed by atoms with Gasteiger partial charge in [0.1, 0.15) is 0 Å². The standard InChI is InChI=1S/C40H57NO3/c1-35(2)31-13-19-40(7)34(38(31,5)18-14-32(35)43)30(42)25-28-29-26-36(3,20-21-37(29,4)22-23-39(28,40)6)17-15-33(44)41-24-16-27-11-9-8-10-12-27/h8-12,15,17,25,29,31-32,34,43H,13-14,16,18-24,26H2,1-7H3,(H,41,44)/b17-15+/t29-,31-,32-,34+,36-,37+,38-,39+,40+/m0/s1. The molecule has 240 valence electrons. The molecule has 4 heteroatoms. The highest BCUT2D eigenvalue weighted by atomic mass is 16.3. The fraction of sp³-hybridized carbons (Fsp3) is 0.700. The normalized spacial score (nSPS) is 44.5. The lowest BCUT2D eigenvalue weighted by Gasteiger charge is -2.70. The van der Waals surface area contributed by atoms with Crippen LogP contribution in [0.1, 0.15) is 112 Å². The zero-order valence-electron chi connectivity index (χ0n) is 28.5. The summed E-state index contributed by atoms with van der Waals surface area (Å²) in [7, 11) is 0. The van der Waals surface area contributed by atoms with Gasteiger partial charge in [-0.25, -0.2) is 0 Å². The topological polar surface area (TPSA) is 66.4 Å². The fourth-order valence-corrected chi connectivity index (χ4v) is 11.7. The summed E-state index contributed by atoms with van der Waals surface area (Å²) >= 11 is 0. The minimum atomic E-state index is -0.292. The van der Waals surface area contributed by atoms with E-state index in [0.29, 0.717) is 24.2 Å². The van der Waals surface area contributed by atoms with E-state index >= 15 is 0 Å². The largest absolute Gasteiger partial charge is 0.393 e. The van der Waals surface area contributed by atoms with E-state index in [1.807, 2.05) is 18.2 Å². The van der Waals surface area contributed by atoms with Gasteiger partial charge in [-0.15, -0.1) is 0 Å². The number of aliphatic hydroxyl groups is 1. The molecule has 0 bridgehead atoms. The number of hydrogen-bond donors (Lipinski definition) is 2. The Kier molecular flexibility index (Phi) is 7.71. The summed E-state index contributed by atoms with van der Waals surface area (Å²) in [5.41, 5.74) is 2.41. The molecule has 0 saturated heterocycles. The Morgan fingerprint density at radius 3 is 2.36 bits per heavy atom. The number of rotatable bonds is 5. The smallest absolute Gasteiger partial charge is 0.243 e. The van der Waals surface area contributed by atoms with Crippen LogP contribution in [0.15, 0.2) is 54.1 Å². The van der Waals surface area contributed by atoms with E-state index in [0.717, 1.165) is 57.8 Å². The Morgan fingerprint density at radius 1 is 0.932 bits per heavy atom. The van der Waals surface area contributed by atoms with Crippen molar-refractivity contribution in [3.05, 3.63) is 59.7 Å². The Bertz CT molecular complexity index is 1360. The van der Waals surface area contributed by atoms with Crippen molar-refractivity contribution >= 4 is 11.7 Å². The number of aliphatic hydroxyl groups excluding tert-OH is 1. The predicted octanol–water partition coefficient (Wildman–Crippen LogP) is 8.24. The summed E-state index contributed by atoms with van der Waals surface area (Å²) in [6.07, 6.45) is 16.0. The van der Waals surface area contributed by atoms with E-state index in [1.165, 1.54) is 17.6 Å². The third-order valence-electron chi connectivity index (χ3n) is 14.8. The van der Waals surface area contributed by atoms with E-state index in [2.05, 4.69) is 78.1 Å². The zero-order chi connectivity index (χ0) is 31.8. The maximum absolute atomic E-state index is 14.5. The lowest BCUT2D eigenvalue weighted by molar-refractivity contribution is -0.202. The molecular formula is C40H57NO3. The zero-order valence-corrected chi connectivity index (χ0v) is 28.5. The molecule has 4 fully saturated rings. The second-order valence-corrected chi connectivity index (χ2v) is 17.6. The van der Waals surface area contributed by atoms with E-state index < -0.39 is 0 Å². The number of carbonyl (C=O) groups excluding carboxylic acids is 2. The van der Waals surface area contributed by atoms with Crippen molar-refractivity contribution in [2.24, 2.45) is 50.2 Å². The first-order valence-corrected chi connectivity index (χ1v) is 17.5. The van der Waals surface area contributed by atoms with Gasteiger partial charge in [0.15, 0.2) is 5.78 Å². The highest BCUT2D eigenvalue weighted by molar-refractivity contribution is 5.95. The van der Waals surface area contributed by atoms with Crippen LogP contribution in [0.3, 0.4) is 0 Å². The summed E-state index contributed by atoms with van der Waals surface area (Å²) in [5, 5.41) is 14.1. The van der Waals surface area contributed by atoms with Crippen LogP contribution in [0.25, 0.3) is 0 Å². The van der Waals surface area contributed by atoms with E-state index in [9.17, 15) is 14.7 Å². The van der Waals surface area contributed by atoms with Gasteiger partial charge >= 0.3 is 0 Å². The Hall–Kier alpha value is -2.20. The van der Waals surface area contributed by atoms with Gasteiger partial charge in [0.25, 0.3) is 0 Å². The Balaban J connectivity index is 1.25. The van der Waals surface area contributed by atoms with Crippen LogP contribution in [0.5, 0.6) is 0 Å². The molecular weight excluding hydrogens is 542 g/mol. The van der Waals surface area contributed by atoms with Crippen molar-refractivity contribution in [3.63, 3.8) is 0 Å². The van der Waals surface area contributed by atoms with Gasteiger partial charge in [0.2, 0.25) is 5.91 Å². The number of fused-ring (bicyclic) bond motifs is 7. The van der Waals surface area contributed by atoms with Gasteiger partial charge in [0, 0.05) is 12.5 Å². The van der Waals surface area contributed by atoms with Crippen LogP contribution in [0.4, 0.5) is 0 Å². The molecule has 0 heterocycles. The summed E-state index contributed by atoms with van der Waals surface area (Å²) in [4.78, 5) is 27.4. The number of benzene rings is 1. The first kappa shape index (κ1) is 31.8. The number of amides is 1. The van der Waals surface area contributed by atoms with Crippen LogP contribution >= 0.6 is 0 Å². The Labute approximate surface area is 266 Å². The molecule has 0 aliphatic heterocycles. The highest BCUT2D eigenvalue weighted by Gasteiger charge is 2.70. The molecule has 0 unspecified atom stereocenters. The number of nitrogens with one attached hydrogen (secondary N) is 1. The molecule has 4 saturated carbocycles. The molecule has 1 amide bonds. The Morgan fingerprint density at radius 2 is 1.64 bits per heavy atom. The van der Waals surface area contributed by atoms with Gasteiger partial charge in [-0.2, -0.15) is 0 Å². The van der Waals surface area contributed by atoms with Crippen molar-refractivity contribution in [3.8, 4) is 0 Å². The maximum atomic E-state index is 14.5. The van der Waals surface area contributed by atoms with Crippen molar-refractivity contribution in [1.82, 2.24) is 5.32 Å². The molecule has 1 aromatic carbocycles. The van der Waals surface area contributed by atoms with Crippen molar-refractivity contribution < 1.29 is 14.7 Å². The molecule has 44 heavy (non-hydrogen) atoms. The maximum Gasteiger partial charge on any atom is 0.243 e. The third-order valence-corrected chi connectivity index (χ3v) is 14.8. The minimum Gasteiger partial charge on any atom is -0.393 e. The fourth-order valence-electron chi connectivity index (χ4n) is 11.7. The van der Waals surface area contributed by atoms with E-state index in [1.54, 1.807) is 6.08 Å². The molecule has 0 radical (unpaired) electrons. The summed E-state index contributed by atoms with van der Waals surface area (Å²) in [6, 6.07) is 10.3. The molecule has 1 aromatic rings. The lowest BCUT2D eigenvalue weighted by atomic mass is 9.33. The van der Waals surface area contributed by atoms with Crippen molar-refractivity contribution in [2.45, 2.75) is 119 Å². The van der Waals surface area contributed by atoms with Crippen molar-refractivity contribution in [2.75, 3.05) is 6.54 Å². The molecule has 2 N–H and O–H groups in total. The second kappa shape index (κ2) is 10.7. The van der Waals surface area contributed by atoms with Gasteiger partial charge in [-0.3, -0.25) is 9.59 Å². The van der Waals surface area contributed by atoms with E-state index in [-0.39, 0.29) is 50.4 Å². The summed E-state index contributed by atoms with van der Waals surface area (Å²) in [5.74, 6) is 1.05. The van der Waals surface area contributed by atoms with Crippen LogP contribution in [0, 0.1) is 50.2 Å². The quantitative estimate of drug-likeness (QED) is 0.335. The number of hydrogen-bond acceptors (Lipinski definition) is 3. The highest BCUT2D eigenvalue weighted by Crippen LogP contribution is 2.75. The summed E-state index contributed by atoms with van der Waals surface area (Å²) < 4.78 is 0. The van der Waals surface area contributed by atoms with Gasteiger partial charge < -0.3 is 10.4 Å². The van der Waals surface area contributed by atoms with Gasteiger partial charge in [-0.1, -0.05) is 90.4 Å². The predicted molar refractivity (Wildman–Crippen MR) is 178 cm³/mol. The van der Waals surface area contributed by atoms with Crippen LogP contribution in [-0.4, -0.2) is 29.4 Å². The number of allylic oxidation sites excluding steroid dienone is 3. The van der Waals surface area contributed by atoms with Gasteiger partial charge in [-0.05, 0) is 126 Å². The molecule has 9 atom stereocenters. The third kappa shape index (κ3) is 4.79. The minimum absolute atomic E-state index is 0.00748. The van der Waals surface area contributed by atoms with Crippen molar-refractivity contribution in [1.29, 1.82) is 0 Å². The molecule has 5 aliphatic rings. The molecule has 0 spiro atoms. The first-order valence-electron chi connectivity index (χ1n) is 17.5. The molecule has 0 aromatic heterocycles. The van der Waals surface area contributed by atoms with Crippen LogP contribution < -0.4 is 5.32 Å². The number of ketones is 1. The SMILES string of the molecule is CC1(C)[C@@H](O)CC[C@]2(C)[C@H]3C(=O)C=C4[C@@H]5C[C@@](C)(/C=C/C(=O)NCCc6ccccc6)CC[C@]5(C)CC[C@@]4(C)[C@]3(C)CC[C@@H]12. The van der Waals surface area contributed by atoms with Crippen LogP contribution in [-0.2, 0) is 16.0 Å². The average Bonchev–Trinajstić information content (AvgIpc) is 2.97. The lowest BCUT2D eigenvalue weighted by Crippen LogP contribution is -2.66. The van der Waals surface area contributed by atoms with Gasteiger partial charge in [0.05, 0.1) is 6.10 Å². The molecule has 5 aliphatic carbocycles. The van der Waals surface area contributed by atoms with E-state index in [4.69, 9.17) is 0 Å². The van der Waals surface area contributed by atoms with Crippen LogP contribution in [0.2, 0.25) is 0 Å². The summed E-state index contributed by atoms with van der Waals surface area (Å²) in [6.45, 7) is 17.3. The molecule has 4 nitrogen and oxygen atoms in total. The average molecular weight is 600 g/mol. The molecule has 6 rings (SSSR count). The number of carbonyl (C=O) groups is 2. The first-order chi connectivity index (χ1) is 20.6.